The van der Waals surface area contributed by atoms with E-state index in [9.17, 15) is 0 Å². The van der Waals surface area contributed by atoms with E-state index >= 15 is 0 Å². The number of allylic oxidation sites excluding steroid dienone is 5. The highest BCUT2D eigenvalue weighted by Crippen LogP contribution is 2.40. The molecule has 3 heteroatoms. The molecule has 17 heavy (non-hydrogen) atoms. The molecule has 1 aliphatic rings. The Balaban J connectivity index is 2.89. The molecule has 0 bridgehead atoms. The van der Waals surface area contributed by atoms with Crippen molar-refractivity contribution in [3.8, 4) is 0 Å². The van der Waals surface area contributed by atoms with Crippen molar-refractivity contribution in [2.24, 2.45) is 5.41 Å². The molecule has 94 valence electrons. The topological polar surface area (TPSA) is 40.5 Å². The fourth-order valence-electron chi connectivity index (χ4n) is 2.52. The Morgan fingerprint density at radius 1 is 1.35 bits per heavy atom. The maximum absolute atomic E-state index is 8.85. The van der Waals surface area contributed by atoms with Gasteiger partial charge in [-0.05, 0) is 44.1 Å². The summed E-state index contributed by atoms with van der Waals surface area (Å²) >= 11 is 0. The molecule has 2 N–H and O–H groups in total. The lowest BCUT2D eigenvalue weighted by Crippen LogP contribution is -2.19. The third-order valence-electron chi connectivity index (χ3n) is 3.47. The number of rotatable bonds is 3. The van der Waals surface area contributed by atoms with Gasteiger partial charge in [0.2, 0.25) is 0 Å². The first-order valence-electron chi connectivity index (χ1n) is 6.26. The van der Waals surface area contributed by atoms with Crippen LogP contribution in [-0.4, -0.2) is 17.2 Å². The summed E-state index contributed by atoms with van der Waals surface area (Å²) in [6.45, 7) is 8.62. The quantitative estimate of drug-likeness (QED) is 0.582. The largest absolute Gasteiger partial charge is 0.480 e. The molecule has 0 saturated carbocycles. The first-order valence-corrected chi connectivity index (χ1v) is 6.26. The molecule has 0 saturated heterocycles. The molecular formula is C14H23BO2. The van der Waals surface area contributed by atoms with Crippen molar-refractivity contribution in [3.05, 3.63) is 34.8 Å². The monoisotopic (exact) mass is 234 g/mol. The second-order valence-corrected chi connectivity index (χ2v) is 5.59. The van der Waals surface area contributed by atoms with Gasteiger partial charge in [0.15, 0.2) is 0 Å². The van der Waals surface area contributed by atoms with Crippen molar-refractivity contribution >= 4 is 7.12 Å². The average Bonchev–Trinajstić information content (AvgIpc) is 2.14. The minimum atomic E-state index is -1.37. The number of hydrogen-bond donors (Lipinski definition) is 2. The van der Waals surface area contributed by atoms with Gasteiger partial charge in [-0.1, -0.05) is 43.1 Å². The molecule has 0 aromatic rings. The second-order valence-electron chi connectivity index (χ2n) is 5.59. The van der Waals surface area contributed by atoms with Crippen LogP contribution in [0.5, 0.6) is 0 Å². The van der Waals surface area contributed by atoms with E-state index in [0.29, 0.717) is 0 Å². The fraction of sp³-hybridized carbons (Fsp3) is 0.571. The van der Waals surface area contributed by atoms with Crippen LogP contribution in [0.25, 0.3) is 0 Å². The lowest BCUT2D eigenvalue weighted by molar-refractivity contribution is 0.377. The zero-order valence-electron chi connectivity index (χ0n) is 11.3. The van der Waals surface area contributed by atoms with Crippen molar-refractivity contribution in [2.45, 2.75) is 47.0 Å². The van der Waals surface area contributed by atoms with Gasteiger partial charge >= 0.3 is 7.12 Å². The van der Waals surface area contributed by atoms with Gasteiger partial charge in [0.05, 0.1) is 0 Å². The molecule has 1 rings (SSSR count). The van der Waals surface area contributed by atoms with Crippen LogP contribution in [0.3, 0.4) is 0 Å². The van der Waals surface area contributed by atoms with Crippen molar-refractivity contribution in [1.29, 1.82) is 0 Å². The summed E-state index contributed by atoms with van der Waals surface area (Å²) in [5.74, 6) is 1.43. The van der Waals surface area contributed by atoms with Crippen molar-refractivity contribution < 1.29 is 10.0 Å². The Bertz CT molecular complexity index is 362. The summed E-state index contributed by atoms with van der Waals surface area (Å²) in [5, 5.41) is 17.7. The van der Waals surface area contributed by atoms with Gasteiger partial charge in [0.1, 0.15) is 0 Å². The van der Waals surface area contributed by atoms with Gasteiger partial charge in [0.25, 0.3) is 0 Å². The number of hydrogen-bond acceptors (Lipinski definition) is 2. The van der Waals surface area contributed by atoms with Crippen LogP contribution in [0.1, 0.15) is 47.0 Å². The molecule has 2 nitrogen and oxygen atoms in total. The molecule has 0 aromatic carbocycles. The lowest BCUT2D eigenvalue weighted by Gasteiger charge is -2.32. The third kappa shape index (κ3) is 4.17. The van der Waals surface area contributed by atoms with E-state index < -0.39 is 7.12 Å². The van der Waals surface area contributed by atoms with E-state index in [0.717, 1.165) is 5.57 Å². The second kappa shape index (κ2) is 5.70. The Labute approximate surface area is 105 Å². The zero-order chi connectivity index (χ0) is 13.1. The Morgan fingerprint density at radius 3 is 2.53 bits per heavy atom. The molecular weight excluding hydrogens is 211 g/mol. The molecule has 0 aromatic heterocycles. The summed E-state index contributed by atoms with van der Waals surface area (Å²) in [4.78, 5) is 0. The Morgan fingerprint density at radius 2 is 2.00 bits per heavy atom. The summed E-state index contributed by atoms with van der Waals surface area (Å²) in [6, 6.07) is 0. The highest BCUT2D eigenvalue weighted by molar-refractivity contribution is 6.47. The third-order valence-corrected chi connectivity index (χ3v) is 3.47. The van der Waals surface area contributed by atoms with Crippen LogP contribution in [0.15, 0.2) is 34.8 Å². The lowest BCUT2D eigenvalue weighted by atomic mass is 9.72. The molecule has 0 fully saturated rings. The van der Waals surface area contributed by atoms with Gasteiger partial charge in [-0.2, -0.15) is 0 Å². The summed E-state index contributed by atoms with van der Waals surface area (Å²) in [7, 11) is -1.37. The van der Waals surface area contributed by atoms with Crippen LogP contribution in [0, 0.1) is 5.41 Å². The van der Waals surface area contributed by atoms with Crippen molar-refractivity contribution in [2.75, 3.05) is 0 Å². The predicted octanol–water partition coefficient (Wildman–Crippen LogP) is 3.03. The molecule has 0 heterocycles. The SMILES string of the molecule is CC(C=CC1=C(C)CCCC1(C)C)=CB(O)O. The van der Waals surface area contributed by atoms with Gasteiger partial charge in [-0.25, -0.2) is 0 Å². The summed E-state index contributed by atoms with van der Waals surface area (Å²) in [6.07, 6.45) is 7.75. The molecule has 0 aliphatic heterocycles. The molecule has 1 aliphatic carbocycles. The van der Waals surface area contributed by atoms with Crippen LogP contribution >= 0.6 is 0 Å². The first-order chi connectivity index (χ1) is 7.83. The van der Waals surface area contributed by atoms with Crippen LogP contribution in [0.2, 0.25) is 0 Å². The van der Waals surface area contributed by atoms with Crippen LogP contribution in [0.4, 0.5) is 0 Å². The molecule has 0 amide bonds. The van der Waals surface area contributed by atoms with Crippen molar-refractivity contribution in [3.63, 3.8) is 0 Å². The van der Waals surface area contributed by atoms with E-state index in [1.807, 2.05) is 13.0 Å². The summed E-state index contributed by atoms with van der Waals surface area (Å²) in [5.41, 5.74) is 3.96. The van der Waals surface area contributed by atoms with Gasteiger partial charge in [-0.3, -0.25) is 0 Å². The van der Waals surface area contributed by atoms with E-state index in [1.54, 1.807) is 0 Å². The van der Waals surface area contributed by atoms with E-state index in [2.05, 4.69) is 26.8 Å². The molecule has 0 unspecified atom stereocenters. The standard InChI is InChI=1S/C14H23BO2/c1-11(10-15(16)17)7-8-13-12(2)6-5-9-14(13,3)4/h7-8,10,16-17H,5-6,9H2,1-4H3. The highest BCUT2D eigenvalue weighted by atomic mass is 16.4. The Hall–Kier alpha value is -0.795. The van der Waals surface area contributed by atoms with Gasteiger partial charge < -0.3 is 10.0 Å². The zero-order valence-corrected chi connectivity index (χ0v) is 11.3. The fourth-order valence-corrected chi connectivity index (χ4v) is 2.52. The molecule has 0 radical (unpaired) electrons. The van der Waals surface area contributed by atoms with E-state index in [-0.39, 0.29) is 5.41 Å². The smallest absolute Gasteiger partial charge is 0.424 e. The molecule has 0 spiro atoms. The maximum Gasteiger partial charge on any atom is 0.480 e. The van der Waals surface area contributed by atoms with Gasteiger partial charge in [0, 0.05) is 0 Å². The van der Waals surface area contributed by atoms with Gasteiger partial charge in [-0.15, -0.1) is 0 Å². The average molecular weight is 234 g/mol. The highest BCUT2D eigenvalue weighted by Gasteiger charge is 2.26. The maximum atomic E-state index is 8.85. The van der Waals surface area contributed by atoms with Crippen molar-refractivity contribution in [1.82, 2.24) is 0 Å². The minimum Gasteiger partial charge on any atom is -0.424 e. The van der Waals surface area contributed by atoms with Crippen LogP contribution in [-0.2, 0) is 0 Å². The summed E-state index contributed by atoms with van der Waals surface area (Å²) < 4.78 is 0. The normalized spacial score (nSPS) is 21.2. The van der Waals surface area contributed by atoms with E-state index in [1.165, 1.54) is 36.4 Å². The molecule has 0 atom stereocenters. The Kier molecular flexibility index (Phi) is 4.78. The first kappa shape index (κ1) is 14.3. The predicted molar refractivity (Wildman–Crippen MR) is 73.4 cm³/mol. The minimum absolute atomic E-state index is 0.233. The van der Waals surface area contributed by atoms with Crippen LogP contribution < -0.4 is 0 Å². The van der Waals surface area contributed by atoms with E-state index in [4.69, 9.17) is 10.0 Å².